The highest BCUT2D eigenvalue weighted by atomic mass is 32.2. The largest absolute Gasteiger partial charge is 0.459 e. The van der Waals surface area contributed by atoms with Gasteiger partial charge in [0, 0.05) is 12.6 Å². The lowest BCUT2D eigenvalue weighted by Gasteiger charge is -2.14. The highest BCUT2D eigenvalue weighted by molar-refractivity contribution is 7.99. The molecule has 0 aliphatic rings. The zero-order valence-electron chi connectivity index (χ0n) is 16.2. The molecule has 2 aromatic heterocycles. The van der Waals surface area contributed by atoms with Gasteiger partial charge < -0.3 is 19.6 Å². The van der Waals surface area contributed by atoms with E-state index in [0.29, 0.717) is 23.6 Å². The maximum Gasteiger partial charge on any atom is 0.287 e. The van der Waals surface area contributed by atoms with Crippen molar-refractivity contribution < 1.29 is 22.8 Å². The number of amides is 2. The van der Waals surface area contributed by atoms with Crippen LogP contribution in [0, 0.1) is 11.6 Å². The van der Waals surface area contributed by atoms with E-state index >= 15 is 0 Å². The SMILES string of the molecule is CCn1c(SCC(=O)Nc2ccc(F)cc2F)nnc1[C@@H](C)NC(=O)c1ccco1. The van der Waals surface area contributed by atoms with E-state index in [2.05, 4.69) is 20.8 Å². The number of anilines is 1. The molecule has 1 atom stereocenters. The monoisotopic (exact) mass is 435 g/mol. The molecule has 3 rings (SSSR count). The van der Waals surface area contributed by atoms with Crippen molar-refractivity contribution in [2.45, 2.75) is 31.6 Å². The zero-order valence-corrected chi connectivity index (χ0v) is 17.0. The number of rotatable bonds is 8. The van der Waals surface area contributed by atoms with Gasteiger partial charge in [-0.15, -0.1) is 10.2 Å². The van der Waals surface area contributed by atoms with Crippen LogP contribution in [0.5, 0.6) is 0 Å². The van der Waals surface area contributed by atoms with Crippen LogP contribution in [0.2, 0.25) is 0 Å². The van der Waals surface area contributed by atoms with Gasteiger partial charge in [0.2, 0.25) is 5.91 Å². The number of nitrogens with zero attached hydrogens (tertiary/aromatic N) is 3. The minimum Gasteiger partial charge on any atom is -0.459 e. The first kappa shape index (κ1) is 21.5. The van der Waals surface area contributed by atoms with Crippen molar-refractivity contribution in [3.8, 4) is 0 Å². The fraction of sp³-hybridized carbons (Fsp3) is 0.263. The van der Waals surface area contributed by atoms with Crippen molar-refractivity contribution in [2.75, 3.05) is 11.1 Å². The number of halogens is 2. The Morgan fingerprint density at radius 2 is 2.07 bits per heavy atom. The number of carbonyl (C=O) groups excluding carboxylic acids is 2. The molecular weight excluding hydrogens is 416 g/mol. The van der Waals surface area contributed by atoms with Crippen molar-refractivity contribution in [2.24, 2.45) is 0 Å². The van der Waals surface area contributed by atoms with Crippen molar-refractivity contribution in [3.05, 3.63) is 59.8 Å². The van der Waals surface area contributed by atoms with Gasteiger partial charge in [-0.25, -0.2) is 8.78 Å². The number of hydrogen-bond donors (Lipinski definition) is 2. The number of thioether (sulfide) groups is 1. The molecular formula is C19H19F2N5O3S. The topological polar surface area (TPSA) is 102 Å². The number of aromatic nitrogens is 3. The predicted octanol–water partition coefficient (Wildman–Crippen LogP) is 3.39. The van der Waals surface area contributed by atoms with Crippen molar-refractivity contribution >= 4 is 29.3 Å². The van der Waals surface area contributed by atoms with Crippen molar-refractivity contribution in [1.29, 1.82) is 0 Å². The zero-order chi connectivity index (χ0) is 21.7. The van der Waals surface area contributed by atoms with E-state index in [-0.39, 0.29) is 23.1 Å². The summed E-state index contributed by atoms with van der Waals surface area (Å²) in [6.07, 6.45) is 1.41. The number of furan rings is 1. The highest BCUT2D eigenvalue weighted by Gasteiger charge is 2.21. The lowest BCUT2D eigenvalue weighted by Crippen LogP contribution is -2.28. The molecule has 2 heterocycles. The Morgan fingerprint density at radius 3 is 2.73 bits per heavy atom. The van der Waals surface area contributed by atoms with Gasteiger partial charge in [0.25, 0.3) is 5.91 Å². The lowest BCUT2D eigenvalue weighted by atomic mass is 10.3. The third-order valence-corrected chi connectivity index (χ3v) is 5.05. The van der Waals surface area contributed by atoms with Crippen molar-refractivity contribution in [3.63, 3.8) is 0 Å². The fourth-order valence-electron chi connectivity index (χ4n) is 2.67. The molecule has 30 heavy (non-hydrogen) atoms. The van der Waals surface area contributed by atoms with Gasteiger partial charge in [-0.05, 0) is 38.1 Å². The lowest BCUT2D eigenvalue weighted by molar-refractivity contribution is -0.113. The molecule has 0 unspecified atom stereocenters. The molecule has 158 valence electrons. The Morgan fingerprint density at radius 1 is 1.27 bits per heavy atom. The molecule has 3 aromatic rings. The molecule has 1 aromatic carbocycles. The summed E-state index contributed by atoms with van der Waals surface area (Å²) in [5.41, 5.74) is -0.103. The van der Waals surface area contributed by atoms with E-state index in [4.69, 9.17) is 4.42 Å². The van der Waals surface area contributed by atoms with E-state index in [1.165, 1.54) is 6.26 Å². The van der Waals surface area contributed by atoms with Gasteiger partial charge in [0.15, 0.2) is 16.7 Å². The van der Waals surface area contributed by atoms with Gasteiger partial charge in [-0.2, -0.15) is 0 Å². The molecule has 2 amide bonds. The second kappa shape index (κ2) is 9.53. The van der Waals surface area contributed by atoms with Crippen LogP contribution in [0.3, 0.4) is 0 Å². The first-order chi connectivity index (χ1) is 14.4. The highest BCUT2D eigenvalue weighted by Crippen LogP contribution is 2.22. The first-order valence-corrected chi connectivity index (χ1v) is 10.0. The maximum absolute atomic E-state index is 13.7. The Bertz CT molecular complexity index is 1040. The summed E-state index contributed by atoms with van der Waals surface area (Å²) in [6.45, 7) is 4.15. The van der Waals surface area contributed by atoms with Crippen LogP contribution in [-0.2, 0) is 11.3 Å². The van der Waals surface area contributed by atoms with E-state index in [1.807, 2.05) is 6.92 Å². The van der Waals surface area contributed by atoms with Gasteiger partial charge in [-0.3, -0.25) is 9.59 Å². The molecule has 0 bridgehead atoms. The molecule has 0 aliphatic heterocycles. The number of hydrogen-bond acceptors (Lipinski definition) is 6. The van der Waals surface area contributed by atoms with Gasteiger partial charge in [-0.1, -0.05) is 11.8 Å². The van der Waals surface area contributed by atoms with Crippen LogP contribution < -0.4 is 10.6 Å². The van der Waals surface area contributed by atoms with Gasteiger partial charge in [0.05, 0.1) is 23.7 Å². The van der Waals surface area contributed by atoms with Gasteiger partial charge >= 0.3 is 0 Å². The van der Waals surface area contributed by atoms with E-state index in [9.17, 15) is 18.4 Å². The average Bonchev–Trinajstić information content (AvgIpc) is 3.38. The van der Waals surface area contributed by atoms with Crippen LogP contribution in [0.15, 0.2) is 46.2 Å². The van der Waals surface area contributed by atoms with Crippen LogP contribution in [0.4, 0.5) is 14.5 Å². The second-order valence-electron chi connectivity index (χ2n) is 6.22. The summed E-state index contributed by atoms with van der Waals surface area (Å²) in [5, 5.41) is 13.8. The Hall–Kier alpha value is -3.21. The molecule has 0 spiro atoms. The summed E-state index contributed by atoms with van der Waals surface area (Å²) >= 11 is 1.11. The molecule has 2 N–H and O–H groups in total. The Kier molecular flexibility index (Phi) is 6.83. The number of benzene rings is 1. The van der Waals surface area contributed by atoms with Crippen LogP contribution >= 0.6 is 11.8 Å². The van der Waals surface area contributed by atoms with Gasteiger partial charge in [0.1, 0.15) is 11.6 Å². The third kappa shape index (κ3) is 5.03. The molecule has 0 radical (unpaired) electrons. The molecule has 8 nitrogen and oxygen atoms in total. The second-order valence-corrected chi connectivity index (χ2v) is 7.16. The van der Waals surface area contributed by atoms with Crippen LogP contribution in [0.25, 0.3) is 0 Å². The summed E-state index contributed by atoms with van der Waals surface area (Å²) < 4.78 is 33.5. The standard InChI is InChI=1S/C19H19F2N5O3S/c1-3-26-17(11(2)22-18(28)15-5-4-8-29-15)24-25-19(26)30-10-16(27)23-14-7-6-12(20)9-13(14)21/h4-9,11H,3,10H2,1-2H3,(H,22,28)(H,23,27)/t11-/m1/s1. The van der Waals surface area contributed by atoms with Crippen molar-refractivity contribution in [1.82, 2.24) is 20.1 Å². The molecule has 0 fully saturated rings. The molecule has 0 saturated carbocycles. The fourth-order valence-corrected chi connectivity index (χ4v) is 3.48. The first-order valence-electron chi connectivity index (χ1n) is 9.04. The van der Waals surface area contributed by atoms with Crippen LogP contribution in [0.1, 0.15) is 36.3 Å². The summed E-state index contributed by atoms with van der Waals surface area (Å²) in [7, 11) is 0. The van der Waals surface area contributed by atoms with E-state index in [0.717, 1.165) is 23.9 Å². The average molecular weight is 435 g/mol. The number of carbonyl (C=O) groups is 2. The molecule has 11 heteroatoms. The smallest absolute Gasteiger partial charge is 0.287 e. The molecule has 0 saturated heterocycles. The Labute approximate surface area is 175 Å². The predicted molar refractivity (Wildman–Crippen MR) is 106 cm³/mol. The van der Waals surface area contributed by atoms with Crippen LogP contribution in [-0.4, -0.2) is 32.3 Å². The summed E-state index contributed by atoms with van der Waals surface area (Å²) in [5.74, 6) is -1.79. The van der Waals surface area contributed by atoms with E-state index in [1.54, 1.807) is 23.6 Å². The summed E-state index contributed by atoms with van der Waals surface area (Å²) in [6, 6.07) is 5.63. The quantitative estimate of drug-likeness (QED) is 0.526. The minimum atomic E-state index is -0.853. The molecule has 0 aliphatic carbocycles. The summed E-state index contributed by atoms with van der Waals surface area (Å²) in [4.78, 5) is 24.3. The van der Waals surface area contributed by atoms with E-state index < -0.39 is 23.6 Å². The minimum absolute atomic E-state index is 0.0535. The normalized spacial score (nSPS) is 11.9. The third-order valence-electron chi connectivity index (χ3n) is 4.08. The Balaban J connectivity index is 1.62. The maximum atomic E-state index is 13.7. The number of nitrogens with one attached hydrogen (secondary N) is 2.